The number of halogens is 1. The van der Waals surface area contributed by atoms with Gasteiger partial charge in [-0.05, 0) is 55.7 Å². The van der Waals surface area contributed by atoms with Gasteiger partial charge in [-0.3, -0.25) is 9.59 Å². The molecule has 3 aromatic rings. The van der Waals surface area contributed by atoms with Crippen LogP contribution >= 0.6 is 11.6 Å². The number of phenolic OH excluding ortho intramolecular Hbond substituents is 1. The highest BCUT2D eigenvalue weighted by Crippen LogP contribution is 2.37. The number of rotatable bonds is 5. The SMILES string of the molecule is Cc1cc(C(C)(C)C(=O)O)ccc1C1(NC(=O)c2cc3c(Cl)c(O)ccc3n2C)CCOC1. The summed E-state index contributed by atoms with van der Waals surface area (Å²) in [5.41, 5.74) is 1.85. The molecule has 4 rings (SSSR count). The van der Waals surface area contributed by atoms with Crippen LogP contribution in [0.5, 0.6) is 5.75 Å². The first-order valence-corrected chi connectivity index (χ1v) is 11.1. The zero-order valence-electron chi connectivity index (χ0n) is 19.0. The summed E-state index contributed by atoms with van der Waals surface area (Å²) in [7, 11) is 1.77. The van der Waals surface area contributed by atoms with Crippen LogP contribution in [0, 0.1) is 6.92 Å². The standard InChI is InChI=1S/C25H27ClN2O5/c1-14-11-15(24(2,3)23(31)32)5-6-17(14)25(9-10-33-13-25)27-22(30)19-12-16-18(28(19)4)7-8-20(29)21(16)26/h5-8,11-12,29H,9-10,13H2,1-4H3,(H,27,30)(H,31,32). The van der Waals surface area contributed by atoms with Crippen LogP contribution in [0.2, 0.25) is 5.02 Å². The Labute approximate surface area is 196 Å². The van der Waals surface area contributed by atoms with Gasteiger partial charge >= 0.3 is 5.97 Å². The molecule has 0 radical (unpaired) electrons. The van der Waals surface area contributed by atoms with Crippen molar-refractivity contribution in [3.05, 3.63) is 63.8 Å². The van der Waals surface area contributed by atoms with Gasteiger partial charge in [0.2, 0.25) is 0 Å². The topological polar surface area (TPSA) is 101 Å². The molecule has 3 N–H and O–H groups in total. The zero-order valence-corrected chi connectivity index (χ0v) is 19.8. The number of aromatic nitrogens is 1. The summed E-state index contributed by atoms with van der Waals surface area (Å²) in [5.74, 6) is -1.23. The van der Waals surface area contributed by atoms with Crippen LogP contribution in [0.1, 0.15) is 47.4 Å². The van der Waals surface area contributed by atoms with Crippen LogP contribution in [0.3, 0.4) is 0 Å². The van der Waals surface area contributed by atoms with E-state index in [0.717, 1.165) is 16.6 Å². The van der Waals surface area contributed by atoms with E-state index < -0.39 is 16.9 Å². The maximum absolute atomic E-state index is 13.4. The largest absolute Gasteiger partial charge is 0.506 e. The minimum Gasteiger partial charge on any atom is -0.506 e. The number of aryl methyl sites for hydroxylation is 2. The number of aliphatic carboxylic acids is 1. The lowest BCUT2D eigenvalue weighted by molar-refractivity contribution is -0.142. The van der Waals surface area contributed by atoms with E-state index in [0.29, 0.717) is 36.3 Å². The molecule has 2 aromatic carbocycles. The Morgan fingerprint density at radius 1 is 1.21 bits per heavy atom. The molecule has 33 heavy (non-hydrogen) atoms. The Kier molecular flexibility index (Phi) is 5.66. The van der Waals surface area contributed by atoms with Gasteiger partial charge in [0.05, 0.1) is 28.1 Å². The van der Waals surface area contributed by atoms with Crippen molar-refractivity contribution in [2.24, 2.45) is 7.05 Å². The summed E-state index contributed by atoms with van der Waals surface area (Å²) in [5, 5.41) is 23.5. The number of benzene rings is 2. The summed E-state index contributed by atoms with van der Waals surface area (Å²) in [6.07, 6.45) is 0.590. The molecule has 1 fully saturated rings. The van der Waals surface area contributed by atoms with Crippen molar-refractivity contribution in [3.63, 3.8) is 0 Å². The lowest BCUT2D eigenvalue weighted by atomic mass is 9.79. The maximum Gasteiger partial charge on any atom is 0.313 e. The first-order valence-electron chi connectivity index (χ1n) is 10.7. The second kappa shape index (κ2) is 8.08. The second-order valence-electron chi connectivity index (χ2n) is 9.22. The van der Waals surface area contributed by atoms with Gasteiger partial charge in [-0.1, -0.05) is 29.8 Å². The first-order chi connectivity index (χ1) is 15.5. The summed E-state index contributed by atoms with van der Waals surface area (Å²) < 4.78 is 7.44. The number of hydrogen-bond donors (Lipinski definition) is 3. The Balaban J connectivity index is 1.72. The second-order valence-corrected chi connectivity index (χ2v) is 9.60. The predicted octanol–water partition coefficient (Wildman–Crippen LogP) is 4.25. The molecule has 8 heteroatoms. The van der Waals surface area contributed by atoms with E-state index in [-0.39, 0.29) is 16.7 Å². The third-order valence-corrected chi connectivity index (χ3v) is 7.14. The van der Waals surface area contributed by atoms with Gasteiger partial charge < -0.3 is 24.8 Å². The van der Waals surface area contributed by atoms with E-state index in [9.17, 15) is 19.8 Å². The normalized spacial score (nSPS) is 18.6. The third kappa shape index (κ3) is 3.75. The quantitative estimate of drug-likeness (QED) is 0.517. The van der Waals surface area contributed by atoms with E-state index in [1.54, 1.807) is 37.6 Å². The van der Waals surface area contributed by atoms with E-state index in [4.69, 9.17) is 16.3 Å². The minimum absolute atomic E-state index is 0.0395. The molecule has 1 atom stereocenters. The fraction of sp³-hybridized carbons (Fsp3) is 0.360. The number of ether oxygens (including phenoxy) is 1. The molecule has 1 aliphatic rings. The van der Waals surface area contributed by atoms with Gasteiger partial charge in [0.25, 0.3) is 5.91 Å². The summed E-state index contributed by atoms with van der Waals surface area (Å²) in [6.45, 7) is 6.07. The number of phenols is 1. The molecule has 0 saturated carbocycles. The average molecular weight is 471 g/mol. The molecule has 7 nitrogen and oxygen atoms in total. The van der Waals surface area contributed by atoms with E-state index in [2.05, 4.69) is 5.32 Å². The van der Waals surface area contributed by atoms with Crippen molar-refractivity contribution >= 4 is 34.4 Å². The number of amides is 1. The first kappa shape index (κ1) is 23.1. The molecule has 1 aromatic heterocycles. The zero-order chi connectivity index (χ0) is 24.1. The van der Waals surface area contributed by atoms with Crippen LogP contribution < -0.4 is 5.32 Å². The van der Waals surface area contributed by atoms with Crippen molar-refractivity contribution in [1.29, 1.82) is 0 Å². The number of carbonyl (C=O) groups excluding carboxylic acids is 1. The number of nitrogens with one attached hydrogen (secondary N) is 1. The maximum atomic E-state index is 13.4. The van der Waals surface area contributed by atoms with Gasteiger partial charge in [-0.2, -0.15) is 0 Å². The van der Waals surface area contributed by atoms with Crippen molar-refractivity contribution in [1.82, 2.24) is 9.88 Å². The smallest absolute Gasteiger partial charge is 0.313 e. The van der Waals surface area contributed by atoms with E-state index in [1.165, 1.54) is 6.07 Å². The van der Waals surface area contributed by atoms with E-state index in [1.807, 2.05) is 25.1 Å². The number of carboxylic acid groups (broad SMARTS) is 1. The van der Waals surface area contributed by atoms with Crippen LogP contribution in [0.15, 0.2) is 36.4 Å². The Bertz CT molecular complexity index is 1270. The molecule has 1 saturated heterocycles. The highest BCUT2D eigenvalue weighted by Gasteiger charge is 2.40. The minimum atomic E-state index is -1.03. The molecule has 174 valence electrons. The van der Waals surface area contributed by atoms with Crippen LogP contribution in [0.25, 0.3) is 10.9 Å². The third-order valence-electron chi connectivity index (χ3n) is 6.75. The molecule has 2 heterocycles. The number of carboxylic acids is 1. The Morgan fingerprint density at radius 2 is 1.94 bits per heavy atom. The van der Waals surface area contributed by atoms with Gasteiger partial charge in [0, 0.05) is 25.5 Å². The lowest BCUT2D eigenvalue weighted by Gasteiger charge is -2.32. The summed E-state index contributed by atoms with van der Waals surface area (Å²) in [6, 6.07) is 10.5. The fourth-order valence-electron chi connectivity index (χ4n) is 4.52. The van der Waals surface area contributed by atoms with Crippen molar-refractivity contribution in [2.75, 3.05) is 13.2 Å². The molecular weight excluding hydrogens is 444 g/mol. The Hall–Kier alpha value is -3.03. The molecule has 1 aliphatic heterocycles. The number of fused-ring (bicyclic) bond motifs is 1. The lowest BCUT2D eigenvalue weighted by Crippen LogP contribution is -2.47. The number of nitrogens with zero attached hydrogens (tertiary/aromatic N) is 1. The summed E-state index contributed by atoms with van der Waals surface area (Å²) >= 11 is 6.25. The van der Waals surface area contributed by atoms with E-state index >= 15 is 0 Å². The number of hydrogen-bond acceptors (Lipinski definition) is 4. The Morgan fingerprint density at radius 3 is 2.55 bits per heavy atom. The fourth-order valence-corrected chi connectivity index (χ4v) is 4.73. The number of carbonyl (C=O) groups is 2. The molecule has 1 amide bonds. The van der Waals surface area contributed by atoms with Crippen LogP contribution in [-0.4, -0.2) is 39.9 Å². The molecule has 0 spiro atoms. The van der Waals surface area contributed by atoms with Crippen molar-refractivity contribution < 1.29 is 24.5 Å². The van der Waals surface area contributed by atoms with Gasteiger partial charge in [-0.15, -0.1) is 0 Å². The molecule has 1 unspecified atom stereocenters. The van der Waals surface area contributed by atoms with Crippen LogP contribution in [0.4, 0.5) is 0 Å². The van der Waals surface area contributed by atoms with Gasteiger partial charge in [-0.25, -0.2) is 0 Å². The average Bonchev–Trinajstić information content (AvgIpc) is 3.36. The van der Waals surface area contributed by atoms with Crippen molar-refractivity contribution in [2.45, 2.75) is 38.1 Å². The molecule has 0 bridgehead atoms. The highest BCUT2D eigenvalue weighted by atomic mass is 35.5. The van der Waals surface area contributed by atoms with Gasteiger partial charge in [0.15, 0.2) is 0 Å². The highest BCUT2D eigenvalue weighted by molar-refractivity contribution is 6.37. The number of aromatic hydroxyl groups is 1. The van der Waals surface area contributed by atoms with Crippen LogP contribution in [-0.2, 0) is 27.5 Å². The molecule has 0 aliphatic carbocycles. The monoisotopic (exact) mass is 470 g/mol. The van der Waals surface area contributed by atoms with Gasteiger partial charge in [0.1, 0.15) is 11.4 Å². The summed E-state index contributed by atoms with van der Waals surface area (Å²) in [4.78, 5) is 25.1. The predicted molar refractivity (Wildman–Crippen MR) is 126 cm³/mol. The molecular formula is C25H27ClN2O5. The van der Waals surface area contributed by atoms with Crippen molar-refractivity contribution in [3.8, 4) is 5.75 Å².